The summed E-state index contributed by atoms with van der Waals surface area (Å²) in [6.45, 7) is 7.81. The average Bonchev–Trinajstić information content (AvgIpc) is 2.94. The van der Waals surface area contributed by atoms with Crippen LogP contribution in [0.1, 0.15) is 38.3 Å². The Morgan fingerprint density at radius 3 is 2.13 bits per heavy atom. The average molecular weight is 525 g/mol. The number of ether oxygens (including phenoxy) is 4. The van der Waals surface area contributed by atoms with Crippen LogP contribution in [0.15, 0.2) is 91.5 Å². The van der Waals surface area contributed by atoms with Crippen molar-refractivity contribution < 1.29 is 33.3 Å². The molecule has 39 heavy (non-hydrogen) atoms. The first kappa shape index (κ1) is 27.1. The monoisotopic (exact) mass is 524 g/mol. The molecular weight excluding hydrogens is 496 g/mol. The molecule has 0 aliphatic carbocycles. The quantitative estimate of drug-likeness (QED) is 0.103. The highest BCUT2D eigenvalue weighted by Gasteiger charge is 2.13. The van der Waals surface area contributed by atoms with Gasteiger partial charge in [0.15, 0.2) is 0 Å². The van der Waals surface area contributed by atoms with Crippen molar-refractivity contribution in [2.24, 2.45) is 0 Å². The number of carbonyl (C=O) groups excluding carboxylic acids is 3. The lowest BCUT2D eigenvalue weighted by atomic mass is 10.1. The summed E-state index contributed by atoms with van der Waals surface area (Å²) in [5.41, 5.74) is 2.78. The van der Waals surface area contributed by atoms with E-state index < -0.39 is 17.9 Å². The maximum absolute atomic E-state index is 12.7. The third-order valence-electron chi connectivity index (χ3n) is 5.85. The molecule has 7 heteroatoms. The molecule has 0 aliphatic rings. The van der Waals surface area contributed by atoms with Gasteiger partial charge < -0.3 is 18.9 Å². The minimum absolute atomic E-state index is 0.236. The molecule has 4 aromatic rings. The van der Waals surface area contributed by atoms with Gasteiger partial charge in [-0.2, -0.15) is 0 Å². The van der Waals surface area contributed by atoms with Crippen molar-refractivity contribution in [3.05, 3.63) is 114 Å². The summed E-state index contributed by atoms with van der Waals surface area (Å²) in [5.74, 6) is 0.0715. The standard InChI is InChI=1S/C32H28O7/c1-4-30(33)37-17-5-16-36-27-12-9-23(10-13-27)31(34)38-28-14-11-24-19-26(8-7-25(24)20-28)32(35)39-29-15-6-21(2)18-22(29)3/h4,6-15,18-20H,1,5,16-17H2,2-3H3. The molecule has 0 aliphatic heterocycles. The van der Waals surface area contributed by atoms with Gasteiger partial charge in [-0.05, 0) is 84.8 Å². The van der Waals surface area contributed by atoms with Gasteiger partial charge in [0.05, 0.1) is 24.3 Å². The number of esters is 3. The zero-order valence-electron chi connectivity index (χ0n) is 21.8. The second-order valence-electron chi connectivity index (χ2n) is 8.87. The Morgan fingerprint density at radius 1 is 0.718 bits per heavy atom. The highest BCUT2D eigenvalue weighted by molar-refractivity contribution is 5.97. The van der Waals surface area contributed by atoms with Crippen LogP contribution in [-0.4, -0.2) is 31.1 Å². The van der Waals surface area contributed by atoms with Gasteiger partial charge in [0.1, 0.15) is 17.2 Å². The molecule has 0 saturated carbocycles. The highest BCUT2D eigenvalue weighted by atomic mass is 16.5. The zero-order chi connectivity index (χ0) is 27.8. The van der Waals surface area contributed by atoms with Crippen LogP contribution < -0.4 is 14.2 Å². The first-order valence-corrected chi connectivity index (χ1v) is 12.4. The largest absolute Gasteiger partial charge is 0.493 e. The zero-order valence-corrected chi connectivity index (χ0v) is 21.8. The van der Waals surface area contributed by atoms with E-state index in [1.165, 1.54) is 0 Å². The number of aryl methyl sites for hydroxylation is 2. The van der Waals surface area contributed by atoms with Crippen molar-refractivity contribution in [1.29, 1.82) is 0 Å². The predicted octanol–water partition coefficient (Wildman–Crippen LogP) is 6.39. The van der Waals surface area contributed by atoms with E-state index in [4.69, 9.17) is 18.9 Å². The first-order chi connectivity index (χ1) is 18.8. The maximum atomic E-state index is 12.7. The van der Waals surface area contributed by atoms with Crippen molar-refractivity contribution in [1.82, 2.24) is 0 Å². The van der Waals surface area contributed by atoms with Crippen LogP contribution in [0.5, 0.6) is 17.2 Å². The summed E-state index contributed by atoms with van der Waals surface area (Å²) < 4.78 is 21.6. The summed E-state index contributed by atoms with van der Waals surface area (Å²) in [7, 11) is 0. The van der Waals surface area contributed by atoms with Crippen LogP contribution in [0.2, 0.25) is 0 Å². The molecule has 0 bridgehead atoms. The third-order valence-corrected chi connectivity index (χ3v) is 5.85. The fourth-order valence-electron chi connectivity index (χ4n) is 3.82. The first-order valence-electron chi connectivity index (χ1n) is 12.4. The normalized spacial score (nSPS) is 10.5. The molecule has 0 atom stereocenters. The van der Waals surface area contributed by atoms with Gasteiger partial charge in [-0.15, -0.1) is 0 Å². The summed E-state index contributed by atoms with van der Waals surface area (Å²) in [6, 6.07) is 22.6. The van der Waals surface area contributed by atoms with E-state index >= 15 is 0 Å². The lowest BCUT2D eigenvalue weighted by molar-refractivity contribution is -0.137. The molecule has 7 nitrogen and oxygen atoms in total. The second kappa shape index (κ2) is 12.6. The molecule has 0 saturated heterocycles. The van der Waals surface area contributed by atoms with E-state index in [1.807, 2.05) is 26.0 Å². The van der Waals surface area contributed by atoms with Gasteiger partial charge in [-0.1, -0.05) is 36.4 Å². The van der Waals surface area contributed by atoms with Crippen LogP contribution in [0.25, 0.3) is 10.8 Å². The Balaban J connectivity index is 1.34. The molecule has 0 amide bonds. The SMILES string of the molecule is C=CC(=O)OCCCOc1ccc(C(=O)Oc2ccc3cc(C(=O)Oc4ccc(C)cc4C)ccc3c2)cc1. The van der Waals surface area contributed by atoms with Gasteiger partial charge in [0.2, 0.25) is 0 Å². The van der Waals surface area contributed by atoms with Crippen LogP contribution in [0.4, 0.5) is 0 Å². The van der Waals surface area contributed by atoms with Crippen molar-refractivity contribution in [3.63, 3.8) is 0 Å². The maximum Gasteiger partial charge on any atom is 0.343 e. The Labute approximate surface area is 226 Å². The molecular formula is C32H28O7. The summed E-state index contributed by atoms with van der Waals surface area (Å²) in [6.07, 6.45) is 1.64. The van der Waals surface area contributed by atoms with Crippen LogP contribution >= 0.6 is 0 Å². The van der Waals surface area contributed by atoms with Gasteiger partial charge in [-0.25, -0.2) is 14.4 Å². The molecule has 198 valence electrons. The predicted molar refractivity (Wildman–Crippen MR) is 147 cm³/mol. The lowest BCUT2D eigenvalue weighted by Crippen LogP contribution is -2.09. The fraction of sp³-hybridized carbons (Fsp3) is 0.156. The summed E-state index contributed by atoms with van der Waals surface area (Å²) in [4.78, 5) is 36.3. The molecule has 4 rings (SSSR count). The van der Waals surface area contributed by atoms with E-state index in [0.29, 0.717) is 41.4 Å². The minimum Gasteiger partial charge on any atom is -0.493 e. The van der Waals surface area contributed by atoms with E-state index in [1.54, 1.807) is 66.7 Å². The number of fused-ring (bicyclic) bond motifs is 1. The Kier molecular flexibility index (Phi) is 8.74. The molecule has 4 aromatic carbocycles. The van der Waals surface area contributed by atoms with Crippen LogP contribution in [0, 0.1) is 13.8 Å². The highest BCUT2D eigenvalue weighted by Crippen LogP contribution is 2.25. The van der Waals surface area contributed by atoms with Crippen molar-refractivity contribution in [2.45, 2.75) is 20.3 Å². The smallest absolute Gasteiger partial charge is 0.343 e. The Morgan fingerprint density at radius 2 is 1.38 bits per heavy atom. The lowest BCUT2D eigenvalue weighted by Gasteiger charge is -2.10. The summed E-state index contributed by atoms with van der Waals surface area (Å²) >= 11 is 0. The van der Waals surface area contributed by atoms with Crippen molar-refractivity contribution in [2.75, 3.05) is 13.2 Å². The van der Waals surface area contributed by atoms with E-state index in [0.717, 1.165) is 28.0 Å². The molecule has 0 N–H and O–H groups in total. The number of benzene rings is 4. The molecule has 0 fully saturated rings. The number of hydrogen-bond acceptors (Lipinski definition) is 7. The minimum atomic E-state index is -0.508. The van der Waals surface area contributed by atoms with Crippen LogP contribution in [-0.2, 0) is 9.53 Å². The molecule has 0 unspecified atom stereocenters. The van der Waals surface area contributed by atoms with Gasteiger partial charge in [0, 0.05) is 12.5 Å². The van der Waals surface area contributed by atoms with Crippen LogP contribution in [0.3, 0.4) is 0 Å². The Hall–Kier alpha value is -4.91. The number of hydrogen-bond donors (Lipinski definition) is 0. The van der Waals surface area contributed by atoms with E-state index in [2.05, 4.69) is 6.58 Å². The molecule has 0 heterocycles. The second-order valence-corrected chi connectivity index (χ2v) is 8.87. The number of carbonyl (C=O) groups is 3. The molecule has 0 aromatic heterocycles. The fourth-order valence-corrected chi connectivity index (χ4v) is 3.82. The number of rotatable bonds is 10. The molecule has 0 spiro atoms. The van der Waals surface area contributed by atoms with Crippen molar-refractivity contribution >= 4 is 28.7 Å². The van der Waals surface area contributed by atoms with E-state index in [9.17, 15) is 14.4 Å². The summed E-state index contributed by atoms with van der Waals surface area (Å²) in [5, 5.41) is 1.62. The van der Waals surface area contributed by atoms with Crippen molar-refractivity contribution in [3.8, 4) is 17.2 Å². The van der Waals surface area contributed by atoms with Gasteiger partial charge >= 0.3 is 17.9 Å². The van der Waals surface area contributed by atoms with Gasteiger partial charge in [0.25, 0.3) is 0 Å². The van der Waals surface area contributed by atoms with E-state index in [-0.39, 0.29) is 6.61 Å². The third kappa shape index (κ3) is 7.32. The van der Waals surface area contributed by atoms with Gasteiger partial charge in [-0.3, -0.25) is 0 Å². The molecule has 0 radical (unpaired) electrons. The topological polar surface area (TPSA) is 88.1 Å². The Bertz CT molecular complexity index is 1520.